The minimum atomic E-state index is 0. The molecule has 3 rings (SSSR count). The average molecular weight is 381 g/mol. The number of aryl methyl sites for hydroxylation is 1. The Hall–Kier alpha value is -1.26. The van der Waals surface area contributed by atoms with E-state index in [0.29, 0.717) is 12.5 Å². The van der Waals surface area contributed by atoms with Crippen molar-refractivity contribution in [2.24, 2.45) is 11.1 Å². The summed E-state index contributed by atoms with van der Waals surface area (Å²) in [6.07, 6.45) is 7.46. The molecule has 1 saturated carbocycles. The van der Waals surface area contributed by atoms with Crippen molar-refractivity contribution in [3.8, 4) is 5.75 Å². The third kappa shape index (κ3) is 5.37. The third-order valence-electron chi connectivity index (χ3n) is 5.80. The summed E-state index contributed by atoms with van der Waals surface area (Å²) in [7, 11) is 0. The SMILES string of the molecule is CC1(C)CN(C(=O)CCc2cccc(OC3CCCC3)c2)CCC1N.Cl. The molecule has 2 N–H and O–H groups in total. The summed E-state index contributed by atoms with van der Waals surface area (Å²) in [6.45, 7) is 5.86. The molecule has 1 aromatic rings. The Kier molecular flexibility index (Phi) is 7.36. The highest BCUT2D eigenvalue weighted by molar-refractivity contribution is 5.85. The van der Waals surface area contributed by atoms with E-state index in [1.54, 1.807) is 0 Å². The summed E-state index contributed by atoms with van der Waals surface area (Å²) in [4.78, 5) is 14.6. The standard InChI is InChI=1S/C21H32N2O2.ClH/c1-21(2)15-23(13-12-19(21)22)20(24)11-10-16-6-5-9-18(14-16)25-17-7-3-4-8-17;/h5-6,9,14,17,19H,3-4,7-8,10-13,15,22H2,1-2H3;1H. The first-order valence-corrected chi connectivity index (χ1v) is 9.73. The zero-order valence-electron chi connectivity index (χ0n) is 16.1. The summed E-state index contributed by atoms with van der Waals surface area (Å²) in [5, 5.41) is 0. The van der Waals surface area contributed by atoms with E-state index in [4.69, 9.17) is 10.5 Å². The molecule has 2 aliphatic rings. The number of carbonyl (C=O) groups excluding carboxylic acids is 1. The van der Waals surface area contributed by atoms with E-state index in [1.165, 1.54) is 18.4 Å². The van der Waals surface area contributed by atoms with Crippen LogP contribution in [0, 0.1) is 5.41 Å². The van der Waals surface area contributed by atoms with Crippen molar-refractivity contribution < 1.29 is 9.53 Å². The lowest BCUT2D eigenvalue weighted by atomic mass is 9.79. The van der Waals surface area contributed by atoms with Gasteiger partial charge >= 0.3 is 0 Å². The maximum Gasteiger partial charge on any atom is 0.222 e. The molecule has 0 aromatic heterocycles. The molecule has 4 nitrogen and oxygen atoms in total. The molecule has 1 aromatic carbocycles. The molecule has 146 valence electrons. The molecule has 2 fully saturated rings. The van der Waals surface area contributed by atoms with Crippen LogP contribution in [0.5, 0.6) is 5.75 Å². The van der Waals surface area contributed by atoms with Gasteiger partial charge in [0.25, 0.3) is 0 Å². The molecule has 0 bridgehead atoms. The van der Waals surface area contributed by atoms with Gasteiger partial charge in [-0.3, -0.25) is 4.79 Å². The van der Waals surface area contributed by atoms with Crippen LogP contribution in [-0.4, -0.2) is 36.0 Å². The highest BCUT2D eigenvalue weighted by atomic mass is 35.5. The predicted molar refractivity (Wildman–Crippen MR) is 108 cm³/mol. The number of nitrogens with two attached hydrogens (primary N) is 1. The van der Waals surface area contributed by atoms with Crippen molar-refractivity contribution >= 4 is 18.3 Å². The van der Waals surface area contributed by atoms with Crippen LogP contribution >= 0.6 is 12.4 Å². The second kappa shape index (κ2) is 9.09. The molecule has 1 heterocycles. The highest BCUT2D eigenvalue weighted by Gasteiger charge is 2.35. The first kappa shape index (κ1) is 21.0. The first-order chi connectivity index (χ1) is 11.9. The number of amides is 1. The summed E-state index contributed by atoms with van der Waals surface area (Å²) >= 11 is 0. The van der Waals surface area contributed by atoms with Crippen molar-refractivity contribution in [1.82, 2.24) is 4.90 Å². The molecule has 1 aliphatic carbocycles. The van der Waals surface area contributed by atoms with E-state index >= 15 is 0 Å². The topological polar surface area (TPSA) is 55.6 Å². The van der Waals surface area contributed by atoms with Gasteiger partial charge < -0.3 is 15.4 Å². The molecule has 26 heavy (non-hydrogen) atoms. The van der Waals surface area contributed by atoms with Gasteiger partial charge in [0, 0.05) is 25.6 Å². The Morgan fingerprint density at radius 1 is 1.27 bits per heavy atom. The fourth-order valence-electron chi connectivity index (χ4n) is 3.97. The molecule has 5 heteroatoms. The van der Waals surface area contributed by atoms with Gasteiger partial charge in [-0.1, -0.05) is 26.0 Å². The molecule has 1 atom stereocenters. The Labute approximate surface area is 163 Å². The number of halogens is 1. The smallest absolute Gasteiger partial charge is 0.222 e. The second-order valence-electron chi connectivity index (χ2n) is 8.37. The lowest BCUT2D eigenvalue weighted by molar-refractivity contribution is -0.134. The minimum absolute atomic E-state index is 0. The fraction of sp³-hybridized carbons (Fsp3) is 0.667. The lowest BCUT2D eigenvalue weighted by Gasteiger charge is -2.42. The van der Waals surface area contributed by atoms with Crippen LogP contribution in [0.1, 0.15) is 57.9 Å². The van der Waals surface area contributed by atoms with Gasteiger partial charge in [-0.25, -0.2) is 0 Å². The summed E-state index contributed by atoms with van der Waals surface area (Å²) in [5.41, 5.74) is 7.35. The van der Waals surface area contributed by atoms with E-state index in [9.17, 15) is 4.79 Å². The van der Waals surface area contributed by atoms with Gasteiger partial charge in [0.15, 0.2) is 0 Å². The van der Waals surface area contributed by atoms with E-state index in [-0.39, 0.29) is 29.8 Å². The van der Waals surface area contributed by atoms with Crippen molar-refractivity contribution in [2.75, 3.05) is 13.1 Å². The molecule has 1 amide bonds. The van der Waals surface area contributed by atoms with Gasteiger partial charge in [0.2, 0.25) is 5.91 Å². The molecule has 1 aliphatic heterocycles. The number of hydrogen-bond donors (Lipinski definition) is 1. The van der Waals surface area contributed by atoms with Crippen molar-refractivity contribution in [2.45, 2.75) is 70.9 Å². The van der Waals surface area contributed by atoms with Crippen LogP contribution in [-0.2, 0) is 11.2 Å². The van der Waals surface area contributed by atoms with E-state index in [2.05, 4.69) is 26.0 Å². The lowest BCUT2D eigenvalue weighted by Crippen LogP contribution is -2.54. The van der Waals surface area contributed by atoms with E-state index < -0.39 is 0 Å². The van der Waals surface area contributed by atoms with Crippen LogP contribution in [0.3, 0.4) is 0 Å². The van der Waals surface area contributed by atoms with E-state index in [0.717, 1.165) is 44.5 Å². The number of rotatable bonds is 5. The zero-order chi connectivity index (χ0) is 17.9. The normalized spacial score (nSPS) is 22.7. The van der Waals surface area contributed by atoms with Crippen LogP contribution in [0.4, 0.5) is 0 Å². The van der Waals surface area contributed by atoms with Gasteiger partial charge in [0.05, 0.1) is 6.10 Å². The predicted octanol–water partition coefficient (Wildman–Crippen LogP) is 3.95. The average Bonchev–Trinajstić information content (AvgIpc) is 3.08. The van der Waals surface area contributed by atoms with Gasteiger partial charge in [-0.15, -0.1) is 12.4 Å². The largest absolute Gasteiger partial charge is 0.490 e. The maximum absolute atomic E-state index is 12.6. The molecule has 0 radical (unpaired) electrons. The molecule has 1 unspecified atom stereocenters. The Bertz CT molecular complexity index is 599. The molecular weight excluding hydrogens is 348 g/mol. The Balaban J connectivity index is 0.00000243. The van der Waals surface area contributed by atoms with E-state index in [1.807, 2.05) is 17.0 Å². The fourth-order valence-corrected chi connectivity index (χ4v) is 3.97. The van der Waals surface area contributed by atoms with Crippen molar-refractivity contribution in [1.29, 1.82) is 0 Å². The summed E-state index contributed by atoms with van der Waals surface area (Å²) in [5.74, 6) is 1.18. The first-order valence-electron chi connectivity index (χ1n) is 9.73. The Morgan fingerprint density at radius 3 is 2.69 bits per heavy atom. The zero-order valence-corrected chi connectivity index (χ0v) is 16.9. The van der Waals surface area contributed by atoms with Crippen LogP contribution in [0.15, 0.2) is 24.3 Å². The number of nitrogens with zero attached hydrogens (tertiary/aromatic N) is 1. The number of ether oxygens (including phenoxy) is 1. The number of hydrogen-bond acceptors (Lipinski definition) is 3. The van der Waals surface area contributed by atoms with Crippen molar-refractivity contribution in [3.63, 3.8) is 0 Å². The number of likely N-dealkylation sites (tertiary alicyclic amines) is 1. The van der Waals surface area contributed by atoms with Crippen LogP contribution < -0.4 is 10.5 Å². The number of carbonyl (C=O) groups is 1. The number of piperidine rings is 1. The van der Waals surface area contributed by atoms with Gasteiger partial charge in [-0.2, -0.15) is 0 Å². The summed E-state index contributed by atoms with van der Waals surface area (Å²) in [6, 6.07) is 8.43. The van der Waals surface area contributed by atoms with Gasteiger partial charge in [-0.05, 0) is 61.6 Å². The minimum Gasteiger partial charge on any atom is -0.490 e. The third-order valence-corrected chi connectivity index (χ3v) is 5.80. The quantitative estimate of drug-likeness (QED) is 0.841. The second-order valence-corrected chi connectivity index (χ2v) is 8.37. The Morgan fingerprint density at radius 2 is 2.00 bits per heavy atom. The highest BCUT2D eigenvalue weighted by Crippen LogP contribution is 2.28. The van der Waals surface area contributed by atoms with Crippen molar-refractivity contribution in [3.05, 3.63) is 29.8 Å². The monoisotopic (exact) mass is 380 g/mol. The molecular formula is C21H33ClN2O2. The maximum atomic E-state index is 12.6. The van der Waals surface area contributed by atoms with Gasteiger partial charge in [0.1, 0.15) is 5.75 Å². The molecule has 0 spiro atoms. The number of benzene rings is 1. The molecule has 1 saturated heterocycles. The van der Waals surface area contributed by atoms with Crippen LogP contribution in [0.25, 0.3) is 0 Å². The summed E-state index contributed by atoms with van der Waals surface area (Å²) < 4.78 is 6.07. The van der Waals surface area contributed by atoms with Crippen LogP contribution in [0.2, 0.25) is 0 Å².